The van der Waals surface area contributed by atoms with Crippen LogP contribution in [0.4, 0.5) is 15.0 Å². The Morgan fingerprint density at radius 3 is 2.61 bits per heavy atom. The molecule has 0 atom stereocenters. The van der Waals surface area contributed by atoms with E-state index in [1.54, 1.807) is 23.0 Å². The lowest BCUT2D eigenvalue weighted by molar-refractivity contribution is 0.251. The minimum Gasteiger partial charge on any atom is -0.457 e. The van der Waals surface area contributed by atoms with Crippen molar-refractivity contribution in [2.75, 3.05) is 5.32 Å². The first kappa shape index (κ1) is 25.0. The summed E-state index contributed by atoms with van der Waals surface area (Å²) in [6.07, 6.45) is 1.70. The van der Waals surface area contributed by atoms with Crippen molar-refractivity contribution in [3.05, 3.63) is 95.6 Å². The van der Waals surface area contributed by atoms with Crippen LogP contribution < -0.4 is 15.4 Å². The SMILES string of the molecule is Cc1ccc(-n2nc(C(C)(C)C)cc2NC(=O)NCc2cc(F)ccc2Oc2ccc3[nH]ncc3c2)cc1. The van der Waals surface area contributed by atoms with E-state index in [4.69, 9.17) is 9.84 Å². The van der Waals surface area contributed by atoms with Gasteiger partial charge in [0.15, 0.2) is 0 Å². The zero-order valence-electron chi connectivity index (χ0n) is 21.7. The monoisotopic (exact) mass is 512 g/mol. The molecule has 5 aromatic rings. The molecule has 0 aliphatic rings. The van der Waals surface area contributed by atoms with Crippen LogP contribution in [0.3, 0.4) is 0 Å². The number of aromatic nitrogens is 4. The molecule has 8 nitrogen and oxygen atoms in total. The van der Waals surface area contributed by atoms with Gasteiger partial charge >= 0.3 is 6.03 Å². The molecule has 0 saturated carbocycles. The number of benzene rings is 3. The van der Waals surface area contributed by atoms with Gasteiger partial charge in [0.2, 0.25) is 0 Å². The van der Waals surface area contributed by atoms with Crippen LogP contribution in [0.1, 0.15) is 37.6 Å². The molecule has 0 aliphatic heterocycles. The number of carbonyl (C=O) groups excluding carboxylic acids is 1. The van der Waals surface area contributed by atoms with E-state index in [1.165, 1.54) is 12.1 Å². The number of H-pyrrole nitrogens is 1. The Morgan fingerprint density at radius 1 is 1.05 bits per heavy atom. The zero-order valence-corrected chi connectivity index (χ0v) is 21.7. The number of carbonyl (C=O) groups is 1. The Balaban J connectivity index is 1.33. The summed E-state index contributed by atoms with van der Waals surface area (Å²) in [4.78, 5) is 12.9. The quantitative estimate of drug-likeness (QED) is 0.239. The van der Waals surface area contributed by atoms with Crippen molar-refractivity contribution in [3.8, 4) is 17.2 Å². The maximum Gasteiger partial charge on any atom is 0.320 e. The molecule has 5 rings (SSSR count). The summed E-state index contributed by atoms with van der Waals surface area (Å²) >= 11 is 0. The average molecular weight is 513 g/mol. The van der Waals surface area contributed by atoms with Crippen molar-refractivity contribution in [2.45, 2.75) is 39.7 Å². The number of aromatic amines is 1. The highest BCUT2D eigenvalue weighted by Crippen LogP contribution is 2.29. The van der Waals surface area contributed by atoms with Crippen molar-refractivity contribution in [1.82, 2.24) is 25.3 Å². The second-order valence-electron chi connectivity index (χ2n) is 10.2. The summed E-state index contributed by atoms with van der Waals surface area (Å²) in [5.41, 5.74) is 3.96. The molecule has 2 aromatic heterocycles. The van der Waals surface area contributed by atoms with Crippen LogP contribution in [-0.4, -0.2) is 26.0 Å². The standard InChI is InChI=1S/C29H29FN6O2/c1-18-5-8-22(9-6-18)36-27(15-26(35-36)29(2,3)4)33-28(37)31-16-20-13-21(30)7-12-25(20)38-23-10-11-24-19(14-23)17-32-34-24/h5-15,17H,16H2,1-4H3,(H,32,34)(H2,31,33,37). The predicted octanol–water partition coefficient (Wildman–Crippen LogP) is 6.61. The first-order chi connectivity index (χ1) is 18.2. The first-order valence-electron chi connectivity index (χ1n) is 12.3. The molecule has 0 radical (unpaired) electrons. The number of nitrogens with one attached hydrogen (secondary N) is 3. The topological polar surface area (TPSA) is 96.9 Å². The molecule has 0 saturated heterocycles. The third-order valence-electron chi connectivity index (χ3n) is 6.10. The summed E-state index contributed by atoms with van der Waals surface area (Å²) in [7, 11) is 0. The van der Waals surface area contributed by atoms with Gasteiger partial charge in [0, 0.05) is 29.0 Å². The summed E-state index contributed by atoms with van der Waals surface area (Å²) < 4.78 is 21.8. The van der Waals surface area contributed by atoms with Gasteiger partial charge in [-0.15, -0.1) is 0 Å². The maximum absolute atomic E-state index is 14.1. The van der Waals surface area contributed by atoms with Crippen LogP contribution in [0, 0.1) is 12.7 Å². The average Bonchev–Trinajstić information content (AvgIpc) is 3.51. The van der Waals surface area contributed by atoms with Crippen LogP contribution in [0.25, 0.3) is 16.6 Å². The fourth-order valence-corrected chi connectivity index (χ4v) is 3.95. The second-order valence-corrected chi connectivity index (χ2v) is 10.2. The third-order valence-corrected chi connectivity index (χ3v) is 6.10. The third kappa shape index (κ3) is 5.51. The Labute approximate surface area is 219 Å². The van der Waals surface area contributed by atoms with Crippen molar-refractivity contribution in [3.63, 3.8) is 0 Å². The number of fused-ring (bicyclic) bond motifs is 1. The minimum absolute atomic E-state index is 0.0533. The Kier molecular flexibility index (Phi) is 6.59. The fraction of sp³-hybridized carbons (Fsp3) is 0.207. The van der Waals surface area contributed by atoms with Crippen LogP contribution in [-0.2, 0) is 12.0 Å². The number of amides is 2. The number of anilines is 1. The second kappa shape index (κ2) is 10.0. The van der Waals surface area contributed by atoms with E-state index in [1.807, 2.05) is 49.4 Å². The van der Waals surface area contributed by atoms with Gasteiger partial charge in [-0.25, -0.2) is 13.9 Å². The smallest absolute Gasteiger partial charge is 0.320 e. The summed E-state index contributed by atoms with van der Waals surface area (Å²) in [5, 5.41) is 18.2. The number of urea groups is 1. The van der Waals surface area contributed by atoms with E-state index in [0.29, 0.717) is 22.9 Å². The van der Waals surface area contributed by atoms with Gasteiger partial charge < -0.3 is 10.1 Å². The van der Waals surface area contributed by atoms with Gasteiger partial charge in [0.25, 0.3) is 0 Å². The van der Waals surface area contributed by atoms with E-state index < -0.39 is 11.8 Å². The highest BCUT2D eigenvalue weighted by atomic mass is 19.1. The van der Waals surface area contributed by atoms with E-state index in [9.17, 15) is 9.18 Å². The van der Waals surface area contributed by atoms with Crippen LogP contribution >= 0.6 is 0 Å². The lowest BCUT2D eigenvalue weighted by Gasteiger charge is -2.14. The molecule has 0 aliphatic carbocycles. The molecular weight excluding hydrogens is 483 g/mol. The molecule has 2 amide bonds. The lowest BCUT2D eigenvalue weighted by atomic mass is 9.92. The number of nitrogens with zero attached hydrogens (tertiary/aromatic N) is 3. The Bertz CT molecular complexity index is 1600. The largest absolute Gasteiger partial charge is 0.457 e. The zero-order chi connectivity index (χ0) is 26.9. The van der Waals surface area contributed by atoms with Crippen molar-refractivity contribution < 1.29 is 13.9 Å². The lowest BCUT2D eigenvalue weighted by Crippen LogP contribution is -2.29. The molecule has 38 heavy (non-hydrogen) atoms. The number of rotatable bonds is 6. The van der Waals surface area contributed by atoms with Crippen molar-refractivity contribution in [2.24, 2.45) is 0 Å². The van der Waals surface area contributed by atoms with Gasteiger partial charge in [-0.3, -0.25) is 10.4 Å². The molecule has 0 bridgehead atoms. The van der Waals surface area contributed by atoms with Gasteiger partial charge in [0.1, 0.15) is 23.1 Å². The van der Waals surface area contributed by atoms with Gasteiger partial charge in [0.05, 0.1) is 23.1 Å². The van der Waals surface area contributed by atoms with Crippen molar-refractivity contribution in [1.29, 1.82) is 0 Å². The number of hydrogen-bond donors (Lipinski definition) is 3. The minimum atomic E-state index is -0.450. The van der Waals surface area contributed by atoms with Crippen LogP contribution in [0.5, 0.6) is 11.5 Å². The number of halogens is 1. The molecule has 3 aromatic carbocycles. The van der Waals surface area contributed by atoms with Crippen LogP contribution in [0.2, 0.25) is 0 Å². The number of aryl methyl sites for hydroxylation is 1. The van der Waals surface area contributed by atoms with Crippen LogP contribution in [0.15, 0.2) is 72.9 Å². The van der Waals surface area contributed by atoms with E-state index in [0.717, 1.165) is 27.8 Å². The number of hydrogen-bond acceptors (Lipinski definition) is 4. The predicted molar refractivity (Wildman–Crippen MR) is 145 cm³/mol. The molecule has 0 fully saturated rings. The normalized spacial score (nSPS) is 11.5. The summed E-state index contributed by atoms with van der Waals surface area (Å²) in [6.45, 7) is 8.26. The highest BCUT2D eigenvalue weighted by molar-refractivity contribution is 5.88. The fourth-order valence-electron chi connectivity index (χ4n) is 3.95. The molecule has 0 spiro atoms. The first-order valence-corrected chi connectivity index (χ1v) is 12.3. The van der Waals surface area contributed by atoms with Gasteiger partial charge in [-0.1, -0.05) is 38.5 Å². The van der Waals surface area contributed by atoms with E-state index in [-0.39, 0.29) is 12.0 Å². The highest BCUT2D eigenvalue weighted by Gasteiger charge is 2.21. The molecular formula is C29H29FN6O2. The molecule has 2 heterocycles. The Morgan fingerprint density at radius 2 is 1.84 bits per heavy atom. The molecule has 3 N–H and O–H groups in total. The van der Waals surface area contributed by atoms with Gasteiger partial charge in [-0.05, 0) is 55.5 Å². The Hall–Kier alpha value is -4.66. The van der Waals surface area contributed by atoms with Gasteiger partial charge in [-0.2, -0.15) is 10.2 Å². The summed E-state index contributed by atoms with van der Waals surface area (Å²) in [6, 6.07) is 19.0. The molecule has 9 heteroatoms. The van der Waals surface area contributed by atoms with E-state index >= 15 is 0 Å². The maximum atomic E-state index is 14.1. The van der Waals surface area contributed by atoms with E-state index in [2.05, 4.69) is 41.6 Å². The molecule has 194 valence electrons. The number of ether oxygens (including phenoxy) is 1. The molecule has 0 unspecified atom stereocenters. The van der Waals surface area contributed by atoms with Crippen molar-refractivity contribution >= 4 is 22.8 Å². The summed E-state index contributed by atoms with van der Waals surface area (Å²) in [5.74, 6) is 1.12.